The number of carbonyl (C=O) groups is 1. The highest BCUT2D eigenvalue weighted by molar-refractivity contribution is 5.79. The van der Waals surface area contributed by atoms with Crippen LogP contribution in [0.1, 0.15) is 32.3 Å². The van der Waals surface area contributed by atoms with Gasteiger partial charge in [0.05, 0.1) is 6.54 Å². The molecule has 2 rings (SSSR count). The van der Waals surface area contributed by atoms with Crippen LogP contribution in [0.2, 0.25) is 0 Å². The highest BCUT2D eigenvalue weighted by Crippen LogP contribution is 2.19. The van der Waals surface area contributed by atoms with E-state index in [0.29, 0.717) is 6.04 Å². The van der Waals surface area contributed by atoms with Crippen molar-refractivity contribution < 1.29 is 4.79 Å². The summed E-state index contributed by atoms with van der Waals surface area (Å²) < 4.78 is 0. The van der Waals surface area contributed by atoms with Crippen LogP contribution in [0.3, 0.4) is 0 Å². The molecule has 3 N–H and O–H groups in total. The smallest absolute Gasteiger partial charge is 0.237 e. The van der Waals surface area contributed by atoms with Crippen LogP contribution < -0.4 is 16.0 Å². The van der Waals surface area contributed by atoms with Gasteiger partial charge in [0.2, 0.25) is 5.91 Å². The van der Waals surface area contributed by atoms with Gasteiger partial charge in [-0.15, -0.1) is 0 Å². The number of nitrogens with one attached hydrogen (secondary N) is 1. The first kappa shape index (κ1) is 13.8. The third kappa shape index (κ3) is 4.21. The zero-order chi connectivity index (χ0) is 13.8. The van der Waals surface area contributed by atoms with Gasteiger partial charge in [0, 0.05) is 24.8 Å². The first-order valence-corrected chi connectivity index (χ1v) is 6.79. The fourth-order valence-corrected chi connectivity index (χ4v) is 1.94. The highest BCUT2D eigenvalue weighted by atomic mass is 16.1. The molecular weight excluding hydrogens is 240 g/mol. The molecule has 1 aromatic rings. The molecule has 0 atom stereocenters. The Bertz CT molecular complexity index is 426. The average molecular weight is 262 g/mol. The van der Waals surface area contributed by atoms with Gasteiger partial charge < -0.3 is 16.0 Å². The van der Waals surface area contributed by atoms with Crippen LogP contribution in [0.15, 0.2) is 18.3 Å². The summed E-state index contributed by atoms with van der Waals surface area (Å²) >= 11 is 0. The van der Waals surface area contributed by atoms with Gasteiger partial charge in [-0.25, -0.2) is 4.98 Å². The SMILES string of the molecule is CC(C)N(CC(N)=O)c1ccc(CNC2CC2)cn1. The van der Waals surface area contributed by atoms with Crippen LogP contribution in [0.5, 0.6) is 0 Å². The lowest BCUT2D eigenvalue weighted by Crippen LogP contribution is -2.39. The number of aromatic nitrogens is 1. The molecular formula is C14H22N4O. The number of primary amides is 1. The number of nitrogens with zero attached hydrogens (tertiary/aromatic N) is 2. The van der Waals surface area contributed by atoms with Crippen LogP contribution in [0.25, 0.3) is 0 Å². The van der Waals surface area contributed by atoms with E-state index in [9.17, 15) is 4.79 Å². The largest absolute Gasteiger partial charge is 0.368 e. The zero-order valence-corrected chi connectivity index (χ0v) is 11.6. The molecule has 1 aliphatic carbocycles. The number of anilines is 1. The van der Waals surface area contributed by atoms with Gasteiger partial charge in [0.25, 0.3) is 0 Å². The minimum atomic E-state index is -0.338. The minimum Gasteiger partial charge on any atom is -0.368 e. The lowest BCUT2D eigenvalue weighted by molar-refractivity contribution is -0.116. The van der Waals surface area contributed by atoms with E-state index in [2.05, 4.69) is 10.3 Å². The summed E-state index contributed by atoms with van der Waals surface area (Å²) in [6.07, 6.45) is 4.43. The molecule has 1 aromatic heterocycles. The fraction of sp³-hybridized carbons (Fsp3) is 0.571. The molecule has 1 amide bonds. The van der Waals surface area contributed by atoms with E-state index in [1.54, 1.807) is 0 Å². The maximum absolute atomic E-state index is 11.1. The molecule has 5 heteroatoms. The number of pyridine rings is 1. The lowest BCUT2D eigenvalue weighted by atomic mass is 10.2. The van der Waals surface area contributed by atoms with Crippen molar-refractivity contribution in [3.8, 4) is 0 Å². The highest BCUT2D eigenvalue weighted by Gasteiger charge is 2.20. The van der Waals surface area contributed by atoms with Gasteiger partial charge in [-0.05, 0) is 38.3 Å². The Morgan fingerprint density at radius 1 is 1.53 bits per heavy atom. The number of nitrogens with two attached hydrogens (primary N) is 1. The third-order valence-corrected chi connectivity index (χ3v) is 3.23. The van der Waals surface area contributed by atoms with E-state index >= 15 is 0 Å². The van der Waals surface area contributed by atoms with Gasteiger partial charge in [-0.1, -0.05) is 6.07 Å². The molecule has 1 saturated carbocycles. The molecule has 0 saturated heterocycles. The van der Waals surface area contributed by atoms with Crippen molar-refractivity contribution in [2.45, 2.75) is 45.3 Å². The minimum absolute atomic E-state index is 0.190. The Labute approximate surface area is 114 Å². The molecule has 1 fully saturated rings. The second-order valence-corrected chi connectivity index (χ2v) is 5.37. The summed E-state index contributed by atoms with van der Waals surface area (Å²) in [6, 6.07) is 4.89. The Morgan fingerprint density at radius 2 is 2.26 bits per heavy atom. The van der Waals surface area contributed by atoms with Crippen molar-refractivity contribution in [1.29, 1.82) is 0 Å². The molecule has 1 heterocycles. The van der Waals surface area contributed by atoms with Gasteiger partial charge in [-0.3, -0.25) is 4.79 Å². The molecule has 0 bridgehead atoms. The average Bonchev–Trinajstić information content (AvgIpc) is 3.18. The number of carbonyl (C=O) groups excluding carboxylic acids is 1. The normalized spacial score (nSPS) is 14.7. The second-order valence-electron chi connectivity index (χ2n) is 5.37. The summed E-state index contributed by atoms with van der Waals surface area (Å²) in [4.78, 5) is 17.4. The van der Waals surface area contributed by atoms with E-state index in [4.69, 9.17) is 5.73 Å². The van der Waals surface area contributed by atoms with E-state index < -0.39 is 0 Å². The molecule has 19 heavy (non-hydrogen) atoms. The molecule has 0 radical (unpaired) electrons. The summed E-state index contributed by atoms with van der Waals surface area (Å²) in [5, 5.41) is 3.45. The molecule has 104 valence electrons. The molecule has 0 aromatic carbocycles. The van der Waals surface area contributed by atoms with Crippen molar-refractivity contribution in [2.75, 3.05) is 11.4 Å². The quantitative estimate of drug-likeness (QED) is 0.770. The summed E-state index contributed by atoms with van der Waals surface area (Å²) in [5.41, 5.74) is 6.43. The van der Waals surface area contributed by atoms with Crippen molar-refractivity contribution >= 4 is 11.7 Å². The molecule has 0 unspecified atom stereocenters. The van der Waals surface area contributed by atoms with E-state index in [1.807, 2.05) is 37.1 Å². The Hall–Kier alpha value is -1.62. The molecule has 5 nitrogen and oxygen atoms in total. The van der Waals surface area contributed by atoms with Crippen LogP contribution in [0.4, 0.5) is 5.82 Å². The molecule has 1 aliphatic rings. The van der Waals surface area contributed by atoms with Gasteiger partial charge in [0.1, 0.15) is 5.82 Å². The Kier molecular flexibility index (Phi) is 4.37. The van der Waals surface area contributed by atoms with Crippen LogP contribution >= 0.6 is 0 Å². The summed E-state index contributed by atoms with van der Waals surface area (Å²) in [6.45, 7) is 5.10. The van der Waals surface area contributed by atoms with Crippen molar-refractivity contribution in [2.24, 2.45) is 5.73 Å². The summed E-state index contributed by atoms with van der Waals surface area (Å²) in [7, 11) is 0. The van der Waals surface area contributed by atoms with Gasteiger partial charge >= 0.3 is 0 Å². The zero-order valence-electron chi connectivity index (χ0n) is 11.6. The van der Waals surface area contributed by atoms with Crippen molar-refractivity contribution in [3.05, 3.63) is 23.9 Å². The number of hydrogen-bond donors (Lipinski definition) is 2. The third-order valence-electron chi connectivity index (χ3n) is 3.23. The second kappa shape index (κ2) is 6.02. The standard InChI is InChI=1S/C14H22N4O/c1-10(2)18(9-13(15)19)14-6-3-11(8-17-14)7-16-12-4-5-12/h3,6,8,10,12,16H,4-5,7,9H2,1-2H3,(H2,15,19). The Morgan fingerprint density at radius 3 is 2.74 bits per heavy atom. The number of rotatable bonds is 7. The van der Waals surface area contributed by atoms with Gasteiger partial charge in [-0.2, -0.15) is 0 Å². The molecule has 0 aliphatic heterocycles. The van der Waals surface area contributed by atoms with Crippen LogP contribution in [0, 0.1) is 0 Å². The fourth-order valence-electron chi connectivity index (χ4n) is 1.94. The number of amides is 1. The topological polar surface area (TPSA) is 71.2 Å². The summed E-state index contributed by atoms with van der Waals surface area (Å²) in [5.74, 6) is 0.457. The van der Waals surface area contributed by atoms with Crippen molar-refractivity contribution in [3.63, 3.8) is 0 Å². The first-order valence-electron chi connectivity index (χ1n) is 6.79. The van der Waals surface area contributed by atoms with E-state index in [0.717, 1.165) is 12.4 Å². The predicted molar refractivity (Wildman–Crippen MR) is 75.8 cm³/mol. The predicted octanol–water partition coefficient (Wildman–Crippen LogP) is 1.03. The number of hydrogen-bond acceptors (Lipinski definition) is 4. The maximum atomic E-state index is 11.1. The van der Waals surface area contributed by atoms with Gasteiger partial charge in [0.15, 0.2) is 0 Å². The van der Waals surface area contributed by atoms with Crippen LogP contribution in [-0.2, 0) is 11.3 Å². The maximum Gasteiger partial charge on any atom is 0.237 e. The Balaban J connectivity index is 1.99. The lowest BCUT2D eigenvalue weighted by Gasteiger charge is -2.26. The monoisotopic (exact) mass is 262 g/mol. The first-order chi connectivity index (χ1) is 9.06. The van der Waals surface area contributed by atoms with E-state index in [-0.39, 0.29) is 18.5 Å². The molecule has 0 spiro atoms. The van der Waals surface area contributed by atoms with E-state index in [1.165, 1.54) is 18.4 Å². The van der Waals surface area contributed by atoms with Crippen molar-refractivity contribution in [1.82, 2.24) is 10.3 Å². The van der Waals surface area contributed by atoms with Crippen LogP contribution in [-0.4, -0.2) is 29.5 Å².